The molecular weight excluding hydrogens is 192 g/mol. The van der Waals surface area contributed by atoms with E-state index >= 15 is 0 Å². The lowest BCUT2D eigenvalue weighted by atomic mass is 9.31. The topological polar surface area (TPSA) is 0 Å². The summed E-state index contributed by atoms with van der Waals surface area (Å²) in [5.41, 5.74) is 2.34. The highest BCUT2D eigenvalue weighted by molar-refractivity contribution is 5.30. The predicted octanol–water partition coefficient (Wildman–Crippen LogP) is 4.74. The van der Waals surface area contributed by atoms with Gasteiger partial charge in [-0.2, -0.15) is 0 Å². The zero-order valence-corrected chi connectivity index (χ0v) is 12.1. The summed E-state index contributed by atoms with van der Waals surface area (Å²) in [5.74, 6) is 2.87. The van der Waals surface area contributed by atoms with E-state index in [9.17, 15) is 0 Å². The van der Waals surface area contributed by atoms with Crippen molar-refractivity contribution in [2.24, 2.45) is 39.4 Å². The van der Waals surface area contributed by atoms with E-state index in [-0.39, 0.29) is 0 Å². The summed E-state index contributed by atoms with van der Waals surface area (Å²) in [5, 5.41) is 0. The first-order valence-corrected chi connectivity index (χ1v) is 7.13. The van der Waals surface area contributed by atoms with Gasteiger partial charge >= 0.3 is 0 Å². The van der Waals surface area contributed by atoms with Gasteiger partial charge in [0.25, 0.3) is 0 Å². The smallest absolute Gasteiger partial charge is 0.0159 e. The minimum Gasteiger partial charge on any atom is -0.0619 e. The third-order valence-electron chi connectivity index (χ3n) is 8.39. The number of hydrogen-bond donors (Lipinski definition) is 0. The lowest BCUT2D eigenvalue weighted by Gasteiger charge is -2.73. The molecule has 16 heavy (non-hydrogen) atoms. The van der Waals surface area contributed by atoms with E-state index in [1.54, 1.807) is 0 Å². The maximum atomic E-state index is 2.61. The minimum absolute atomic E-state index is 0.550. The molecule has 0 saturated heterocycles. The van der Waals surface area contributed by atoms with Crippen molar-refractivity contribution < 1.29 is 0 Å². The Morgan fingerprint density at radius 2 is 1.50 bits per heavy atom. The molecule has 0 radical (unpaired) electrons. The Bertz CT molecular complexity index is 355. The van der Waals surface area contributed by atoms with Gasteiger partial charge < -0.3 is 0 Å². The van der Waals surface area contributed by atoms with E-state index in [0.717, 1.165) is 17.8 Å². The summed E-state index contributed by atoms with van der Waals surface area (Å²) >= 11 is 0. The molecule has 0 aromatic rings. The molecule has 0 aromatic carbocycles. The SMILES string of the molecule is CC1C2CC(C)C2(C)C2(C)C(C)(C)CC12C. The quantitative estimate of drug-likeness (QED) is 0.553. The fourth-order valence-electron chi connectivity index (χ4n) is 7.01. The number of fused-ring (bicyclic) bond motifs is 3. The van der Waals surface area contributed by atoms with Crippen molar-refractivity contribution in [3.8, 4) is 0 Å². The van der Waals surface area contributed by atoms with Gasteiger partial charge in [-0.25, -0.2) is 0 Å². The fraction of sp³-hybridized carbons (Fsp3) is 1.00. The zero-order valence-electron chi connectivity index (χ0n) is 12.1. The van der Waals surface area contributed by atoms with Crippen LogP contribution in [-0.4, -0.2) is 0 Å². The van der Waals surface area contributed by atoms with Gasteiger partial charge in [0.2, 0.25) is 0 Å². The zero-order chi connectivity index (χ0) is 12.1. The molecule has 0 heteroatoms. The molecule has 3 saturated carbocycles. The third kappa shape index (κ3) is 0.680. The normalized spacial score (nSPS) is 66.6. The largest absolute Gasteiger partial charge is 0.0619 e. The van der Waals surface area contributed by atoms with E-state index in [1.807, 2.05) is 0 Å². The molecule has 0 aliphatic heterocycles. The average Bonchev–Trinajstić information content (AvgIpc) is 2.27. The third-order valence-corrected chi connectivity index (χ3v) is 8.39. The molecule has 3 aliphatic rings. The molecule has 0 spiro atoms. The Balaban J connectivity index is 2.17. The highest BCUT2D eigenvalue weighted by Crippen LogP contribution is 2.88. The lowest BCUT2D eigenvalue weighted by molar-refractivity contribution is -0.248. The van der Waals surface area contributed by atoms with Crippen molar-refractivity contribution in [3.63, 3.8) is 0 Å². The van der Waals surface area contributed by atoms with Gasteiger partial charge in [-0.15, -0.1) is 0 Å². The van der Waals surface area contributed by atoms with Gasteiger partial charge in [0, 0.05) is 0 Å². The van der Waals surface area contributed by atoms with Crippen LogP contribution in [0.1, 0.15) is 61.3 Å². The first-order valence-electron chi connectivity index (χ1n) is 7.13. The van der Waals surface area contributed by atoms with Crippen LogP contribution in [0, 0.1) is 39.4 Å². The minimum atomic E-state index is 0.550. The van der Waals surface area contributed by atoms with E-state index in [1.165, 1.54) is 12.8 Å². The number of hydrogen-bond acceptors (Lipinski definition) is 0. The van der Waals surface area contributed by atoms with E-state index < -0.39 is 0 Å². The van der Waals surface area contributed by atoms with Crippen LogP contribution < -0.4 is 0 Å². The van der Waals surface area contributed by atoms with Gasteiger partial charge in [-0.1, -0.05) is 48.5 Å². The molecule has 3 aliphatic carbocycles. The highest BCUT2D eigenvalue weighted by atomic mass is 14.9. The van der Waals surface area contributed by atoms with Crippen molar-refractivity contribution >= 4 is 0 Å². The van der Waals surface area contributed by atoms with Gasteiger partial charge in [-0.3, -0.25) is 0 Å². The Hall–Kier alpha value is 0. The van der Waals surface area contributed by atoms with Crippen LogP contribution in [0.15, 0.2) is 0 Å². The highest BCUT2D eigenvalue weighted by Gasteiger charge is 2.82. The molecule has 0 aromatic heterocycles. The molecule has 3 fully saturated rings. The summed E-state index contributed by atoms with van der Waals surface area (Å²) in [6, 6.07) is 0. The summed E-state index contributed by atoms with van der Waals surface area (Å²) in [6.07, 6.45) is 2.93. The molecule has 0 heterocycles. The van der Waals surface area contributed by atoms with Crippen LogP contribution >= 0.6 is 0 Å². The molecule has 3 rings (SSSR count). The van der Waals surface area contributed by atoms with Crippen molar-refractivity contribution in [1.82, 2.24) is 0 Å². The van der Waals surface area contributed by atoms with Gasteiger partial charge in [0.15, 0.2) is 0 Å². The van der Waals surface area contributed by atoms with Crippen LogP contribution in [0.4, 0.5) is 0 Å². The molecule has 6 atom stereocenters. The molecule has 0 amide bonds. The molecule has 0 N–H and O–H groups in total. The van der Waals surface area contributed by atoms with Crippen molar-refractivity contribution in [2.45, 2.75) is 61.3 Å². The van der Waals surface area contributed by atoms with E-state index in [0.29, 0.717) is 21.7 Å². The Labute approximate surface area is 101 Å². The Morgan fingerprint density at radius 3 is 1.88 bits per heavy atom. The van der Waals surface area contributed by atoms with Crippen molar-refractivity contribution in [3.05, 3.63) is 0 Å². The van der Waals surface area contributed by atoms with Crippen LogP contribution in [-0.2, 0) is 0 Å². The molecule has 0 nitrogen and oxygen atoms in total. The first-order chi connectivity index (χ1) is 7.13. The maximum Gasteiger partial charge on any atom is -0.0159 e. The van der Waals surface area contributed by atoms with Gasteiger partial charge in [-0.05, 0) is 52.3 Å². The predicted molar refractivity (Wildman–Crippen MR) is 69.2 cm³/mol. The van der Waals surface area contributed by atoms with Crippen LogP contribution in [0.3, 0.4) is 0 Å². The lowest BCUT2D eigenvalue weighted by Crippen LogP contribution is -2.66. The van der Waals surface area contributed by atoms with Gasteiger partial charge in [0.05, 0.1) is 0 Å². The monoisotopic (exact) mass is 220 g/mol. The summed E-state index contributed by atoms with van der Waals surface area (Å²) in [6.45, 7) is 17.9. The average molecular weight is 220 g/mol. The Morgan fingerprint density at radius 1 is 0.938 bits per heavy atom. The molecule has 0 bridgehead atoms. The molecule has 6 unspecified atom stereocenters. The molecule has 92 valence electrons. The van der Waals surface area contributed by atoms with Crippen LogP contribution in [0.2, 0.25) is 0 Å². The fourth-order valence-corrected chi connectivity index (χ4v) is 7.01. The second-order valence-electron chi connectivity index (χ2n) is 8.42. The Kier molecular flexibility index (Phi) is 1.67. The second-order valence-corrected chi connectivity index (χ2v) is 8.42. The van der Waals surface area contributed by atoms with Crippen LogP contribution in [0.25, 0.3) is 0 Å². The van der Waals surface area contributed by atoms with Crippen LogP contribution in [0.5, 0.6) is 0 Å². The van der Waals surface area contributed by atoms with E-state index in [2.05, 4.69) is 48.5 Å². The standard InChI is InChI=1S/C16H28/c1-10-8-12-11(2)14(5)9-13(3,4)16(14,7)15(10,12)6/h10-12H,8-9H2,1-7H3. The summed E-state index contributed by atoms with van der Waals surface area (Å²) in [4.78, 5) is 0. The number of rotatable bonds is 0. The summed E-state index contributed by atoms with van der Waals surface area (Å²) < 4.78 is 0. The second kappa shape index (κ2) is 2.40. The van der Waals surface area contributed by atoms with Gasteiger partial charge in [0.1, 0.15) is 0 Å². The maximum absolute atomic E-state index is 2.61. The molecular formula is C16H28. The van der Waals surface area contributed by atoms with Crippen molar-refractivity contribution in [1.29, 1.82) is 0 Å². The van der Waals surface area contributed by atoms with E-state index in [4.69, 9.17) is 0 Å². The first kappa shape index (κ1) is 11.1. The van der Waals surface area contributed by atoms with Crippen molar-refractivity contribution in [2.75, 3.05) is 0 Å². The summed E-state index contributed by atoms with van der Waals surface area (Å²) in [7, 11) is 0.